The third-order valence-corrected chi connectivity index (χ3v) is 2.26. The number of amides is 2. The Morgan fingerprint density at radius 3 is 2.26 bits per heavy atom. The fourth-order valence-corrected chi connectivity index (χ4v) is 1.44. The fourth-order valence-electron chi connectivity index (χ4n) is 1.18. The second-order valence-electron chi connectivity index (χ2n) is 3.49. The van der Waals surface area contributed by atoms with E-state index in [0.717, 1.165) is 5.56 Å². The van der Waals surface area contributed by atoms with Gasteiger partial charge < -0.3 is 20.9 Å². The van der Waals surface area contributed by atoms with Gasteiger partial charge in [0.2, 0.25) is 5.91 Å². The lowest BCUT2D eigenvalue weighted by atomic mass is 10.1. The number of carbonyl (C=O) groups is 2. The van der Waals surface area contributed by atoms with Gasteiger partial charge in [-0.1, -0.05) is 29.8 Å². The van der Waals surface area contributed by atoms with E-state index in [1.807, 2.05) is 12.1 Å². The number of hydrogen-bond acceptors (Lipinski definition) is 4. The number of rotatable bonds is 4. The van der Waals surface area contributed by atoms with Crippen LogP contribution >= 0.6 is 11.6 Å². The Balaban J connectivity index is 0.000000711. The molecule has 6 nitrogen and oxygen atoms in total. The van der Waals surface area contributed by atoms with Crippen LogP contribution in [0.15, 0.2) is 24.3 Å². The van der Waals surface area contributed by atoms with E-state index in [1.165, 1.54) is 14.0 Å². The smallest absolute Gasteiger partial charge is 0.404 e. The molecule has 0 aromatic heterocycles. The molecule has 7 heteroatoms. The number of hydrogen-bond donors (Lipinski definition) is 2. The zero-order valence-electron chi connectivity index (χ0n) is 10.8. The second-order valence-corrected chi connectivity index (χ2v) is 3.89. The van der Waals surface area contributed by atoms with Crippen molar-refractivity contribution >= 4 is 23.6 Å². The summed E-state index contributed by atoms with van der Waals surface area (Å²) in [5.41, 5.74) is 10.1. The van der Waals surface area contributed by atoms with Crippen molar-refractivity contribution in [3.05, 3.63) is 34.9 Å². The fraction of sp³-hybridized carbons (Fsp3) is 0.333. The molecule has 0 aliphatic carbocycles. The van der Waals surface area contributed by atoms with Gasteiger partial charge in [0.05, 0.1) is 0 Å². The Hall–Kier alpha value is -1.79. The standard InChI is InChI=1S/C10H12ClNO3.C2H5NO/c1-14-9(6-15-10(12)13)7-4-2-3-5-8(7)11;1-2(3)4/h2-5,9H,6H2,1H3,(H2,12,13);1H3,(H2,3,4)/t9-;/m0./s1. The van der Waals surface area contributed by atoms with E-state index in [2.05, 4.69) is 10.5 Å². The highest BCUT2D eigenvalue weighted by atomic mass is 35.5. The van der Waals surface area contributed by atoms with Gasteiger partial charge in [0, 0.05) is 24.6 Å². The van der Waals surface area contributed by atoms with Crippen molar-refractivity contribution in [2.75, 3.05) is 13.7 Å². The number of ether oxygens (including phenoxy) is 2. The third kappa shape index (κ3) is 8.01. The van der Waals surface area contributed by atoms with E-state index >= 15 is 0 Å². The summed E-state index contributed by atoms with van der Waals surface area (Å²) < 4.78 is 9.81. The number of primary amides is 2. The molecule has 106 valence electrons. The lowest BCUT2D eigenvalue weighted by molar-refractivity contribution is -0.115. The van der Waals surface area contributed by atoms with Crippen LogP contribution in [0.2, 0.25) is 5.02 Å². The molecule has 2 amide bonds. The summed E-state index contributed by atoms with van der Waals surface area (Å²) in [6.45, 7) is 1.36. The van der Waals surface area contributed by atoms with Crippen molar-refractivity contribution in [3.8, 4) is 0 Å². The number of carbonyl (C=O) groups excluding carboxylic acids is 2. The minimum Gasteiger partial charge on any atom is -0.447 e. The first-order chi connectivity index (χ1) is 8.88. The predicted octanol–water partition coefficient (Wildman–Crippen LogP) is 1.61. The van der Waals surface area contributed by atoms with Crippen molar-refractivity contribution in [2.24, 2.45) is 11.5 Å². The normalized spacial score (nSPS) is 10.9. The molecule has 1 atom stereocenters. The molecule has 0 radical (unpaired) electrons. The van der Waals surface area contributed by atoms with Gasteiger partial charge >= 0.3 is 6.09 Å². The molecule has 0 aliphatic heterocycles. The first-order valence-corrected chi connectivity index (χ1v) is 5.71. The number of methoxy groups -OCH3 is 1. The van der Waals surface area contributed by atoms with Gasteiger partial charge in [0.1, 0.15) is 12.7 Å². The van der Waals surface area contributed by atoms with Gasteiger partial charge in [-0.3, -0.25) is 4.79 Å². The summed E-state index contributed by atoms with van der Waals surface area (Å²) in [6, 6.07) is 7.19. The quantitative estimate of drug-likeness (QED) is 0.878. The lowest BCUT2D eigenvalue weighted by Crippen LogP contribution is -2.19. The highest BCUT2D eigenvalue weighted by Gasteiger charge is 2.14. The van der Waals surface area contributed by atoms with Crippen molar-refractivity contribution < 1.29 is 19.1 Å². The molecule has 0 fully saturated rings. The summed E-state index contributed by atoms with van der Waals surface area (Å²) in [4.78, 5) is 19.7. The van der Waals surface area contributed by atoms with Crippen LogP contribution in [-0.2, 0) is 14.3 Å². The largest absolute Gasteiger partial charge is 0.447 e. The van der Waals surface area contributed by atoms with E-state index < -0.39 is 12.2 Å². The molecule has 1 rings (SSSR count). The number of benzene rings is 1. The highest BCUT2D eigenvalue weighted by molar-refractivity contribution is 6.31. The van der Waals surface area contributed by atoms with Crippen molar-refractivity contribution in [2.45, 2.75) is 13.0 Å². The summed E-state index contributed by atoms with van der Waals surface area (Å²) >= 11 is 5.96. The third-order valence-electron chi connectivity index (χ3n) is 1.91. The van der Waals surface area contributed by atoms with E-state index in [1.54, 1.807) is 12.1 Å². The van der Waals surface area contributed by atoms with Crippen LogP contribution in [-0.4, -0.2) is 25.7 Å². The molecule has 0 bridgehead atoms. The maximum absolute atomic E-state index is 10.4. The second kappa shape index (κ2) is 9.18. The molecule has 1 aromatic rings. The van der Waals surface area contributed by atoms with E-state index in [9.17, 15) is 9.59 Å². The first kappa shape index (κ1) is 17.2. The maximum Gasteiger partial charge on any atom is 0.404 e. The molecule has 0 saturated heterocycles. The Labute approximate surface area is 116 Å². The van der Waals surface area contributed by atoms with E-state index in [0.29, 0.717) is 5.02 Å². The van der Waals surface area contributed by atoms with E-state index in [4.69, 9.17) is 22.1 Å². The molecule has 0 aliphatic rings. The summed E-state index contributed by atoms with van der Waals surface area (Å²) in [6.07, 6.45) is -1.23. The van der Waals surface area contributed by atoms with Gasteiger partial charge in [-0.15, -0.1) is 0 Å². The summed E-state index contributed by atoms with van der Waals surface area (Å²) in [5, 5.41) is 0.567. The Bertz CT molecular complexity index is 422. The molecule has 0 saturated carbocycles. The predicted molar refractivity (Wildman–Crippen MR) is 71.6 cm³/mol. The van der Waals surface area contributed by atoms with Crippen molar-refractivity contribution in [1.29, 1.82) is 0 Å². The van der Waals surface area contributed by atoms with Crippen LogP contribution in [0.25, 0.3) is 0 Å². The highest BCUT2D eigenvalue weighted by Crippen LogP contribution is 2.24. The van der Waals surface area contributed by atoms with Crippen LogP contribution in [0.5, 0.6) is 0 Å². The molecular formula is C12H17ClN2O4. The first-order valence-electron chi connectivity index (χ1n) is 5.34. The monoisotopic (exact) mass is 288 g/mol. The van der Waals surface area contributed by atoms with Gasteiger partial charge in [0.25, 0.3) is 0 Å². The van der Waals surface area contributed by atoms with Crippen molar-refractivity contribution in [3.63, 3.8) is 0 Å². The van der Waals surface area contributed by atoms with Crippen molar-refractivity contribution in [1.82, 2.24) is 0 Å². The number of nitrogens with two attached hydrogens (primary N) is 2. The van der Waals surface area contributed by atoms with Crippen LogP contribution in [0.1, 0.15) is 18.6 Å². The van der Waals surface area contributed by atoms with Crippen LogP contribution in [0.3, 0.4) is 0 Å². The minimum absolute atomic E-state index is 0.0512. The van der Waals surface area contributed by atoms with Crippen LogP contribution < -0.4 is 11.5 Å². The lowest BCUT2D eigenvalue weighted by Gasteiger charge is -2.16. The molecule has 0 spiro atoms. The molecule has 0 heterocycles. The SMILES string of the molecule is CC(N)=O.CO[C@@H](COC(N)=O)c1ccccc1Cl. The Morgan fingerprint density at radius 1 is 1.32 bits per heavy atom. The Kier molecular flexibility index (Phi) is 8.32. The zero-order valence-corrected chi connectivity index (χ0v) is 11.5. The van der Waals surface area contributed by atoms with Gasteiger partial charge in [-0.2, -0.15) is 0 Å². The number of halogens is 1. The summed E-state index contributed by atoms with van der Waals surface area (Å²) in [7, 11) is 1.51. The molecule has 4 N–H and O–H groups in total. The van der Waals surface area contributed by atoms with Gasteiger partial charge in [-0.05, 0) is 6.07 Å². The summed E-state index contributed by atoms with van der Waals surface area (Å²) in [5.74, 6) is -0.333. The average molecular weight is 289 g/mol. The van der Waals surface area contributed by atoms with Gasteiger partial charge in [0.15, 0.2) is 0 Å². The minimum atomic E-state index is -0.830. The zero-order chi connectivity index (χ0) is 14.8. The van der Waals surface area contributed by atoms with Crippen LogP contribution in [0, 0.1) is 0 Å². The average Bonchev–Trinajstić information content (AvgIpc) is 2.31. The maximum atomic E-state index is 10.4. The topological polar surface area (TPSA) is 105 Å². The molecular weight excluding hydrogens is 272 g/mol. The Morgan fingerprint density at radius 2 is 1.84 bits per heavy atom. The van der Waals surface area contributed by atoms with Crippen LogP contribution in [0.4, 0.5) is 4.79 Å². The van der Waals surface area contributed by atoms with Gasteiger partial charge in [-0.25, -0.2) is 4.79 Å². The molecule has 19 heavy (non-hydrogen) atoms. The molecule has 1 aromatic carbocycles. The van der Waals surface area contributed by atoms with E-state index in [-0.39, 0.29) is 12.5 Å². The molecule has 0 unspecified atom stereocenters.